The molecule has 110 valence electrons. The second kappa shape index (κ2) is 7.94. The monoisotopic (exact) mass is 285 g/mol. The average molecular weight is 285 g/mol. The molecule has 19 heavy (non-hydrogen) atoms. The van der Waals surface area contributed by atoms with Crippen molar-refractivity contribution in [2.45, 2.75) is 46.3 Å². The van der Waals surface area contributed by atoms with Crippen LogP contribution in [0.15, 0.2) is 5.38 Å². The van der Waals surface area contributed by atoms with Gasteiger partial charge in [0.25, 0.3) is 0 Å². The summed E-state index contributed by atoms with van der Waals surface area (Å²) >= 11 is 1.74. The number of ether oxygens (including phenoxy) is 1. The van der Waals surface area contributed by atoms with Crippen LogP contribution in [0.4, 0.5) is 0 Å². The summed E-state index contributed by atoms with van der Waals surface area (Å²) in [6, 6.07) is 0. The Hall–Kier alpha value is -0.490. The Bertz CT molecular complexity index is 360. The van der Waals surface area contributed by atoms with Gasteiger partial charge in [-0.25, -0.2) is 4.98 Å². The zero-order chi connectivity index (χ0) is 14.3. The van der Waals surface area contributed by atoms with E-state index < -0.39 is 0 Å². The van der Waals surface area contributed by atoms with Gasteiger partial charge in [0.15, 0.2) is 0 Å². The van der Waals surface area contributed by atoms with Gasteiger partial charge in [-0.2, -0.15) is 0 Å². The van der Waals surface area contributed by atoms with Crippen molar-refractivity contribution in [1.29, 1.82) is 0 Å². The number of aromatic nitrogens is 1. The number of hydrogen-bond acceptors (Lipinski definition) is 5. The molecule has 4 nitrogen and oxygen atoms in total. The molecule has 0 aromatic carbocycles. The van der Waals surface area contributed by atoms with E-state index in [1.165, 1.54) is 0 Å². The van der Waals surface area contributed by atoms with E-state index in [0.29, 0.717) is 0 Å². The molecule has 0 aliphatic carbocycles. The standard InChI is InChI=1S/C14H27N3OS/c1-6-17(7-8-18-5)10-12-11-19-13(16-12)9-15-14(2,3)4/h11,15H,6-10H2,1-5H3. The smallest absolute Gasteiger partial charge is 0.107 e. The zero-order valence-corrected chi connectivity index (χ0v) is 13.6. The average Bonchev–Trinajstić information content (AvgIpc) is 2.79. The Morgan fingerprint density at radius 1 is 1.42 bits per heavy atom. The molecular formula is C14H27N3OS. The number of hydrogen-bond donors (Lipinski definition) is 1. The summed E-state index contributed by atoms with van der Waals surface area (Å²) in [7, 11) is 1.74. The Morgan fingerprint density at radius 2 is 2.16 bits per heavy atom. The SMILES string of the molecule is CCN(CCOC)Cc1csc(CNC(C)(C)C)n1. The van der Waals surface area contributed by atoms with Gasteiger partial charge in [0.05, 0.1) is 12.3 Å². The van der Waals surface area contributed by atoms with Crippen molar-refractivity contribution in [2.75, 3.05) is 26.8 Å². The van der Waals surface area contributed by atoms with Gasteiger partial charge in [-0.05, 0) is 27.3 Å². The van der Waals surface area contributed by atoms with Gasteiger partial charge in [-0.15, -0.1) is 11.3 Å². The van der Waals surface area contributed by atoms with Crippen molar-refractivity contribution in [1.82, 2.24) is 15.2 Å². The molecule has 1 aromatic rings. The van der Waals surface area contributed by atoms with Crippen LogP contribution in [0.2, 0.25) is 0 Å². The van der Waals surface area contributed by atoms with Crippen LogP contribution in [-0.2, 0) is 17.8 Å². The second-order valence-corrected chi connectivity index (χ2v) is 6.64. The van der Waals surface area contributed by atoms with Gasteiger partial charge in [-0.3, -0.25) is 4.90 Å². The molecule has 5 heteroatoms. The van der Waals surface area contributed by atoms with Crippen LogP contribution in [0.1, 0.15) is 38.4 Å². The minimum atomic E-state index is 0.139. The van der Waals surface area contributed by atoms with Crippen molar-refractivity contribution < 1.29 is 4.74 Å². The molecular weight excluding hydrogens is 258 g/mol. The number of rotatable bonds is 8. The van der Waals surface area contributed by atoms with Gasteiger partial charge in [0.2, 0.25) is 0 Å². The van der Waals surface area contributed by atoms with Crippen molar-refractivity contribution in [3.05, 3.63) is 16.1 Å². The van der Waals surface area contributed by atoms with E-state index in [9.17, 15) is 0 Å². The summed E-state index contributed by atoms with van der Waals surface area (Å²) in [5.41, 5.74) is 1.30. The molecule has 0 amide bonds. The molecule has 0 radical (unpaired) electrons. The summed E-state index contributed by atoms with van der Waals surface area (Å²) < 4.78 is 5.12. The third-order valence-electron chi connectivity index (χ3n) is 2.81. The third-order valence-corrected chi connectivity index (χ3v) is 3.71. The molecule has 0 spiro atoms. The first-order chi connectivity index (χ1) is 8.94. The number of methoxy groups -OCH3 is 1. The first-order valence-electron chi connectivity index (χ1n) is 6.84. The molecule has 1 N–H and O–H groups in total. The third kappa shape index (κ3) is 7.01. The molecule has 0 saturated heterocycles. The van der Waals surface area contributed by atoms with Crippen LogP contribution < -0.4 is 5.32 Å². The lowest BCUT2D eigenvalue weighted by molar-refractivity contribution is 0.147. The highest BCUT2D eigenvalue weighted by Gasteiger charge is 2.11. The normalized spacial score (nSPS) is 12.3. The van der Waals surface area contributed by atoms with Crippen LogP contribution in [0.3, 0.4) is 0 Å². The highest BCUT2D eigenvalue weighted by molar-refractivity contribution is 7.09. The Morgan fingerprint density at radius 3 is 2.74 bits per heavy atom. The minimum absolute atomic E-state index is 0.139. The number of nitrogens with zero attached hydrogens (tertiary/aromatic N) is 2. The quantitative estimate of drug-likeness (QED) is 0.796. The lowest BCUT2D eigenvalue weighted by Crippen LogP contribution is -2.35. The maximum absolute atomic E-state index is 5.12. The zero-order valence-electron chi connectivity index (χ0n) is 12.8. The number of thiazole rings is 1. The molecule has 0 unspecified atom stereocenters. The van der Waals surface area contributed by atoms with E-state index >= 15 is 0 Å². The van der Waals surface area contributed by atoms with Gasteiger partial charge in [0.1, 0.15) is 5.01 Å². The Balaban J connectivity index is 2.45. The molecule has 0 atom stereocenters. The Labute approximate surface area is 121 Å². The maximum Gasteiger partial charge on any atom is 0.107 e. The van der Waals surface area contributed by atoms with Gasteiger partial charge >= 0.3 is 0 Å². The topological polar surface area (TPSA) is 37.4 Å². The number of nitrogens with one attached hydrogen (secondary N) is 1. The lowest BCUT2D eigenvalue weighted by atomic mass is 10.1. The van der Waals surface area contributed by atoms with Crippen LogP contribution in [0.5, 0.6) is 0 Å². The Kier molecular flexibility index (Phi) is 6.93. The van der Waals surface area contributed by atoms with E-state index in [1.807, 2.05) is 0 Å². The summed E-state index contributed by atoms with van der Waals surface area (Å²) in [5.74, 6) is 0. The predicted molar refractivity (Wildman–Crippen MR) is 81.5 cm³/mol. The molecule has 1 rings (SSSR count). The molecule has 0 aliphatic heterocycles. The summed E-state index contributed by atoms with van der Waals surface area (Å²) in [6.45, 7) is 13.2. The molecule has 0 fully saturated rings. The van der Waals surface area contributed by atoms with E-state index in [4.69, 9.17) is 4.74 Å². The van der Waals surface area contributed by atoms with Gasteiger partial charge in [-0.1, -0.05) is 6.92 Å². The predicted octanol–water partition coefficient (Wildman–Crippen LogP) is 2.50. The fraction of sp³-hybridized carbons (Fsp3) is 0.786. The second-order valence-electron chi connectivity index (χ2n) is 5.70. The molecule has 0 bridgehead atoms. The van der Waals surface area contributed by atoms with E-state index in [1.54, 1.807) is 18.4 Å². The summed E-state index contributed by atoms with van der Waals surface area (Å²) in [4.78, 5) is 7.03. The van der Waals surface area contributed by atoms with Crippen LogP contribution >= 0.6 is 11.3 Å². The first-order valence-corrected chi connectivity index (χ1v) is 7.72. The van der Waals surface area contributed by atoms with Crippen LogP contribution in [0.25, 0.3) is 0 Å². The summed E-state index contributed by atoms with van der Waals surface area (Å²) in [6.07, 6.45) is 0. The van der Waals surface area contributed by atoms with Crippen molar-refractivity contribution in [3.63, 3.8) is 0 Å². The van der Waals surface area contributed by atoms with Gasteiger partial charge in [0, 0.05) is 37.7 Å². The van der Waals surface area contributed by atoms with E-state index in [0.717, 1.165) is 43.5 Å². The molecule has 1 aromatic heterocycles. The summed E-state index contributed by atoms with van der Waals surface area (Å²) in [5, 5.41) is 6.79. The fourth-order valence-electron chi connectivity index (χ4n) is 1.64. The highest BCUT2D eigenvalue weighted by atomic mass is 32.1. The van der Waals surface area contributed by atoms with Crippen molar-refractivity contribution >= 4 is 11.3 Å². The molecule has 1 heterocycles. The van der Waals surface area contributed by atoms with Crippen LogP contribution in [0, 0.1) is 0 Å². The van der Waals surface area contributed by atoms with E-state index in [-0.39, 0.29) is 5.54 Å². The largest absolute Gasteiger partial charge is 0.383 e. The van der Waals surface area contributed by atoms with Crippen molar-refractivity contribution in [3.8, 4) is 0 Å². The van der Waals surface area contributed by atoms with Gasteiger partial charge < -0.3 is 10.1 Å². The van der Waals surface area contributed by atoms with Crippen molar-refractivity contribution in [2.24, 2.45) is 0 Å². The highest BCUT2D eigenvalue weighted by Crippen LogP contribution is 2.13. The minimum Gasteiger partial charge on any atom is -0.383 e. The van der Waals surface area contributed by atoms with E-state index in [2.05, 4.69) is 48.3 Å². The maximum atomic E-state index is 5.12. The first kappa shape index (κ1) is 16.6. The van der Waals surface area contributed by atoms with Crippen LogP contribution in [-0.4, -0.2) is 42.2 Å². The number of likely N-dealkylation sites (N-methyl/N-ethyl adjacent to an activating group) is 1. The molecule has 0 saturated carbocycles. The fourth-order valence-corrected chi connectivity index (χ4v) is 2.37. The molecule has 0 aliphatic rings. The lowest BCUT2D eigenvalue weighted by Gasteiger charge is -2.19.